The molecule has 1 aromatic rings. The summed E-state index contributed by atoms with van der Waals surface area (Å²) in [7, 11) is -3.73. The molecule has 0 aliphatic carbocycles. The van der Waals surface area contributed by atoms with Gasteiger partial charge in [-0.25, -0.2) is 13.2 Å². The lowest BCUT2D eigenvalue weighted by Crippen LogP contribution is -2.20. The van der Waals surface area contributed by atoms with Gasteiger partial charge in [0.2, 0.25) is 10.0 Å². The molecule has 0 saturated carbocycles. The standard InChI is InChI=1S/C12H15NO6S/c1-2-19-11(14)6-7-20(17,18)13-10-5-3-4-9(8-10)12(15)16/h3-5,8,13H,2,6-7H2,1H3,(H,15,16). The first kappa shape index (κ1) is 16.0. The van der Waals surface area contributed by atoms with Crippen molar-refractivity contribution >= 4 is 27.6 Å². The zero-order valence-corrected chi connectivity index (χ0v) is 11.6. The predicted octanol–water partition coefficient (Wildman–Crippen LogP) is 1.08. The van der Waals surface area contributed by atoms with Crippen molar-refractivity contribution in [2.75, 3.05) is 17.1 Å². The molecule has 0 aliphatic rings. The predicted molar refractivity (Wildman–Crippen MR) is 72.1 cm³/mol. The third-order valence-electron chi connectivity index (χ3n) is 2.26. The van der Waals surface area contributed by atoms with Crippen LogP contribution in [0.3, 0.4) is 0 Å². The molecule has 0 bridgehead atoms. The van der Waals surface area contributed by atoms with E-state index in [-0.39, 0.29) is 24.3 Å². The molecule has 8 heteroatoms. The van der Waals surface area contributed by atoms with Crippen LogP contribution in [-0.2, 0) is 19.6 Å². The monoisotopic (exact) mass is 301 g/mol. The molecule has 0 saturated heterocycles. The van der Waals surface area contributed by atoms with Gasteiger partial charge in [-0.05, 0) is 25.1 Å². The Kier molecular flexibility index (Phi) is 5.51. The summed E-state index contributed by atoms with van der Waals surface area (Å²) in [6.07, 6.45) is -0.262. The molecule has 20 heavy (non-hydrogen) atoms. The molecule has 0 spiro atoms. The first-order chi connectivity index (χ1) is 9.34. The lowest BCUT2D eigenvalue weighted by atomic mass is 10.2. The summed E-state index contributed by atoms with van der Waals surface area (Å²) in [6, 6.07) is 5.39. The number of aromatic carboxylic acids is 1. The molecular weight excluding hydrogens is 286 g/mol. The molecule has 1 aromatic carbocycles. The van der Waals surface area contributed by atoms with Gasteiger partial charge in [-0.3, -0.25) is 9.52 Å². The number of sulfonamides is 1. The lowest BCUT2D eigenvalue weighted by molar-refractivity contribution is -0.142. The first-order valence-corrected chi connectivity index (χ1v) is 7.49. The zero-order chi connectivity index (χ0) is 15.2. The second-order valence-electron chi connectivity index (χ2n) is 3.86. The minimum absolute atomic E-state index is 0.0319. The van der Waals surface area contributed by atoms with Crippen LogP contribution in [0.2, 0.25) is 0 Å². The van der Waals surface area contributed by atoms with E-state index in [2.05, 4.69) is 9.46 Å². The van der Waals surface area contributed by atoms with Crippen molar-refractivity contribution in [1.82, 2.24) is 0 Å². The number of carboxylic acids is 1. The number of ether oxygens (including phenoxy) is 1. The van der Waals surface area contributed by atoms with Crippen molar-refractivity contribution < 1.29 is 27.9 Å². The average Bonchev–Trinajstić information content (AvgIpc) is 2.37. The molecule has 0 radical (unpaired) electrons. The Morgan fingerprint density at radius 2 is 2.05 bits per heavy atom. The largest absolute Gasteiger partial charge is 0.478 e. The van der Waals surface area contributed by atoms with Gasteiger partial charge in [0.25, 0.3) is 0 Å². The van der Waals surface area contributed by atoms with Gasteiger partial charge in [-0.15, -0.1) is 0 Å². The van der Waals surface area contributed by atoms with Crippen LogP contribution in [0, 0.1) is 0 Å². The number of benzene rings is 1. The fourth-order valence-corrected chi connectivity index (χ4v) is 2.42. The summed E-state index contributed by atoms with van der Waals surface area (Å²) in [5.74, 6) is -2.18. The number of esters is 1. The van der Waals surface area contributed by atoms with E-state index in [1.807, 2.05) is 0 Å². The van der Waals surface area contributed by atoms with Crippen LogP contribution in [0.25, 0.3) is 0 Å². The van der Waals surface area contributed by atoms with Crippen molar-refractivity contribution in [2.24, 2.45) is 0 Å². The first-order valence-electron chi connectivity index (χ1n) is 5.83. The van der Waals surface area contributed by atoms with Crippen LogP contribution in [0.5, 0.6) is 0 Å². The molecule has 0 atom stereocenters. The molecule has 0 fully saturated rings. The van der Waals surface area contributed by atoms with E-state index >= 15 is 0 Å². The summed E-state index contributed by atoms with van der Waals surface area (Å²) >= 11 is 0. The van der Waals surface area contributed by atoms with Gasteiger partial charge >= 0.3 is 11.9 Å². The molecule has 0 aliphatic heterocycles. The highest BCUT2D eigenvalue weighted by atomic mass is 32.2. The number of nitrogens with one attached hydrogen (secondary N) is 1. The van der Waals surface area contributed by atoms with Gasteiger partial charge in [0.15, 0.2) is 0 Å². The third kappa shape index (κ3) is 5.27. The molecule has 0 amide bonds. The fraction of sp³-hybridized carbons (Fsp3) is 0.333. The number of rotatable bonds is 7. The molecule has 0 aromatic heterocycles. The van der Waals surface area contributed by atoms with Crippen molar-refractivity contribution in [3.63, 3.8) is 0 Å². The van der Waals surface area contributed by atoms with E-state index in [4.69, 9.17) is 5.11 Å². The SMILES string of the molecule is CCOC(=O)CCS(=O)(=O)Nc1cccc(C(=O)O)c1. The third-order valence-corrected chi connectivity index (χ3v) is 3.55. The number of anilines is 1. The van der Waals surface area contributed by atoms with Crippen LogP contribution in [-0.4, -0.2) is 37.8 Å². The molecule has 7 nitrogen and oxygen atoms in total. The quantitative estimate of drug-likeness (QED) is 0.729. The topological polar surface area (TPSA) is 110 Å². The average molecular weight is 301 g/mol. The summed E-state index contributed by atoms with van der Waals surface area (Å²) < 4.78 is 30.3. The van der Waals surface area contributed by atoms with Gasteiger partial charge in [0, 0.05) is 5.69 Å². The summed E-state index contributed by atoms with van der Waals surface area (Å²) in [5.41, 5.74) is 0.101. The van der Waals surface area contributed by atoms with Gasteiger partial charge in [0.05, 0.1) is 24.3 Å². The van der Waals surface area contributed by atoms with Gasteiger partial charge < -0.3 is 9.84 Å². The molecule has 110 valence electrons. The maximum Gasteiger partial charge on any atom is 0.335 e. The van der Waals surface area contributed by atoms with Crippen LogP contribution in [0.1, 0.15) is 23.7 Å². The van der Waals surface area contributed by atoms with Crippen molar-refractivity contribution in [3.05, 3.63) is 29.8 Å². The van der Waals surface area contributed by atoms with Crippen molar-refractivity contribution in [1.29, 1.82) is 0 Å². The zero-order valence-electron chi connectivity index (χ0n) is 10.8. The Morgan fingerprint density at radius 1 is 1.35 bits per heavy atom. The van der Waals surface area contributed by atoms with E-state index in [1.165, 1.54) is 24.3 Å². The Labute approximate surface area is 116 Å². The Hall–Kier alpha value is -2.09. The molecule has 1 rings (SSSR count). The number of hydrogen-bond acceptors (Lipinski definition) is 5. The second kappa shape index (κ2) is 6.90. The second-order valence-corrected chi connectivity index (χ2v) is 5.70. The smallest absolute Gasteiger partial charge is 0.335 e. The van der Waals surface area contributed by atoms with Crippen LogP contribution >= 0.6 is 0 Å². The molecule has 0 unspecified atom stereocenters. The minimum Gasteiger partial charge on any atom is -0.478 e. The Balaban J connectivity index is 2.69. The van der Waals surface area contributed by atoms with Crippen molar-refractivity contribution in [3.8, 4) is 0 Å². The Bertz CT molecular complexity index is 596. The number of hydrogen-bond donors (Lipinski definition) is 2. The van der Waals surface area contributed by atoms with E-state index in [9.17, 15) is 18.0 Å². The number of carboxylic acid groups (broad SMARTS) is 1. The van der Waals surface area contributed by atoms with Gasteiger partial charge in [-0.1, -0.05) is 6.07 Å². The summed E-state index contributed by atoms with van der Waals surface area (Å²) in [4.78, 5) is 21.9. The lowest BCUT2D eigenvalue weighted by Gasteiger charge is -2.08. The molecular formula is C12H15NO6S. The highest BCUT2D eigenvalue weighted by Gasteiger charge is 2.14. The molecule has 2 N–H and O–H groups in total. The number of carbonyl (C=O) groups is 2. The van der Waals surface area contributed by atoms with Crippen LogP contribution in [0.4, 0.5) is 5.69 Å². The Morgan fingerprint density at radius 3 is 2.65 bits per heavy atom. The van der Waals surface area contributed by atoms with Crippen LogP contribution < -0.4 is 4.72 Å². The fourth-order valence-electron chi connectivity index (χ4n) is 1.40. The highest BCUT2D eigenvalue weighted by Crippen LogP contribution is 2.13. The summed E-state index contributed by atoms with van der Waals surface area (Å²) in [6.45, 7) is 1.81. The minimum atomic E-state index is -3.73. The van der Waals surface area contributed by atoms with E-state index in [1.54, 1.807) is 6.92 Å². The van der Waals surface area contributed by atoms with E-state index in [0.717, 1.165) is 0 Å². The summed E-state index contributed by atoms with van der Waals surface area (Å²) in [5, 5.41) is 8.80. The highest BCUT2D eigenvalue weighted by molar-refractivity contribution is 7.92. The van der Waals surface area contributed by atoms with Crippen molar-refractivity contribution in [2.45, 2.75) is 13.3 Å². The van der Waals surface area contributed by atoms with Gasteiger partial charge in [-0.2, -0.15) is 0 Å². The molecule has 0 heterocycles. The van der Waals surface area contributed by atoms with E-state index in [0.29, 0.717) is 0 Å². The van der Waals surface area contributed by atoms with Gasteiger partial charge in [0.1, 0.15) is 0 Å². The van der Waals surface area contributed by atoms with Crippen LogP contribution in [0.15, 0.2) is 24.3 Å². The normalized spacial score (nSPS) is 10.8. The number of carbonyl (C=O) groups excluding carboxylic acids is 1. The van der Waals surface area contributed by atoms with E-state index < -0.39 is 27.7 Å². The maximum atomic E-state index is 11.7. The maximum absolute atomic E-state index is 11.7.